The highest BCUT2D eigenvalue weighted by molar-refractivity contribution is 9.10. The van der Waals surface area contributed by atoms with E-state index in [2.05, 4.69) is 40.2 Å². The Hall–Kier alpha value is -0.580. The van der Waals surface area contributed by atoms with Gasteiger partial charge in [0.1, 0.15) is 0 Å². The Kier molecular flexibility index (Phi) is 6.08. The van der Waals surface area contributed by atoms with Crippen LogP contribution in [0.5, 0.6) is 0 Å². The first-order valence-electron chi connectivity index (χ1n) is 7.38. The number of hydrogen-bond donors (Lipinski definition) is 1. The molecule has 0 bridgehead atoms. The molecule has 116 valence electrons. The molecule has 1 saturated carbocycles. The Morgan fingerprint density at radius 2 is 2.10 bits per heavy atom. The van der Waals surface area contributed by atoms with Crippen molar-refractivity contribution in [2.24, 2.45) is 5.92 Å². The number of halogens is 2. The van der Waals surface area contributed by atoms with E-state index in [1.165, 1.54) is 19.3 Å². The SMILES string of the molecule is CN(C)CC1CCCCC1NC(=O)c1cc(Br)ccc1Cl. The molecule has 0 radical (unpaired) electrons. The number of benzene rings is 1. The summed E-state index contributed by atoms with van der Waals surface area (Å²) in [6.07, 6.45) is 4.66. The maximum atomic E-state index is 12.5. The van der Waals surface area contributed by atoms with Crippen LogP contribution in [0.15, 0.2) is 22.7 Å². The zero-order chi connectivity index (χ0) is 15.4. The molecule has 3 nitrogen and oxygen atoms in total. The molecule has 2 unspecified atom stereocenters. The summed E-state index contributed by atoms with van der Waals surface area (Å²) in [7, 11) is 4.16. The Labute approximate surface area is 140 Å². The van der Waals surface area contributed by atoms with Crippen molar-refractivity contribution in [3.05, 3.63) is 33.3 Å². The molecule has 1 amide bonds. The smallest absolute Gasteiger partial charge is 0.253 e. The van der Waals surface area contributed by atoms with Crippen molar-refractivity contribution in [1.29, 1.82) is 0 Å². The average molecular weight is 374 g/mol. The zero-order valence-corrected chi connectivity index (χ0v) is 14.9. The lowest BCUT2D eigenvalue weighted by Gasteiger charge is -2.34. The van der Waals surface area contributed by atoms with Crippen LogP contribution in [0.2, 0.25) is 5.02 Å². The number of carbonyl (C=O) groups is 1. The van der Waals surface area contributed by atoms with Crippen molar-refractivity contribution in [2.45, 2.75) is 31.7 Å². The Morgan fingerprint density at radius 1 is 1.38 bits per heavy atom. The van der Waals surface area contributed by atoms with Crippen LogP contribution < -0.4 is 5.32 Å². The second kappa shape index (κ2) is 7.61. The summed E-state index contributed by atoms with van der Waals surface area (Å²) in [4.78, 5) is 14.7. The van der Waals surface area contributed by atoms with Gasteiger partial charge in [0.2, 0.25) is 0 Å². The highest BCUT2D eigenvalue weighted by Crippen LogP contribution is 2.26. The molecular weight excluding hydrogens is 352 g/mol. The molecule has 1 aliphatic rings. The van der Waals surface area contributed by atoms with Crippen LogP contribution in [0, 0.1) is 5.92 Å². The summed E-state index contributed by atoms with van der Waals surface area (Å²) < 4.78 is 0.866. The summed E-state index contributed by atoms with van der Waals surface area (Å²) in [5.74, 6) is 0.445. The van der Waals surface area contributed by atoms with E-state index in [1.54, 1.807) is 12.1 Å². The highest BCUT2D eigenvalue weighted by Gasteiger charge is 2.27. The van der Waals surface area contributed by atoms with Crippen LogP contribution in [0.4, 0.5) is 0 Å². The third-order valence-electron chi connectivity index (χ3n) is 4.00. The van der Waals surface area contributed by atoms with E-state index in [0.29, 0.717) is 16.5 Å². The molecular formula is C16H22BrClN2O. The van der Waals surface area contributed by atoms with E-state index in [-0.39, 0.29) is 11.9 Å². The van der Waals surface area contributed by atoms with Gasteiger partial charge in [0.25, 0.3) is 5.91 Å². The van der Waals surface area contributed by atoms with Crippen molar-refractivity contribution in [1.82, 2.24) is 10.2 Å². The Bertz CT molecular complexity index is 507. The second-order valence-corrected chi connectivity index (χ2v) is 7.33. The van der Waals surface area contributed by atoms with Gasteiger partial charge in [-0.2, -0.15) is 0 Å². The van der Waals surface area contributed by atoms with Gasteiger partial charge < -0.3 is 10.2 Å². The molecule has 1 aromatic rings. The lowest BCUT2D eigenvalue weighted by molar-refractivity contribution is 0.0895. The van der Waals surface area contributed by atoms with Gasteiger partial charge in [-0.3, -0.25) is 4.79 Å². The predicted octanol–water partition coefficient (Wildman–Crippen LogP) is 3.95. The third-order valence-corrected chi connectivity index (χ3v) is 4.82. The van der Waals surface area contributed by atoms with Crippen molar-refractivity contribution in [3.63, 3.8) is 0 Å². The molecule has 0 saturated heterocycles. The van der Waals surface area contributed by atoms with Crippen LogP contribution >= 0.6 is 27.5 Å². The van der Waals surface area contributed by atoms with Crippen LogP contribution in [0.3, 0.4) is 0 Å². The molecule has 1 aromatic carbocycles. The molecule has 1 fully saturated rings. The maximum absolute atomic E-state index is 12.5. The van der Waals surface area contributed by atoms with Gasteiger partial charge in [0.05, 0.1) is 10.6 Å². The summed E-state index contributed by atoms with van der Waals surface area (Å²) in [6, 6.07) is 5.61. The molecule has 1 aliphatic carbocycles. The fourth-order valence-electron chi connectivity index (χ4n) is 3.00. The van der Waals surface area contributed by atoms with Crippen LogP contribution in [0.25, 0.3) is 0 Å². The normalized spacial score (nSPS) is 22.3. The monoisotopic (exact) mass is 372 g/mol. The first kappa shape index (κ1) is 16.8. The van der Waals surface area contributed by atoms with E-state index in [9.17, 15) is 4.79 Å². The molecule has 0 aliphatic heterocycles. The zero-order valence-electron chi connectivity index (χ0n) is 12.5. The van der Waals surface area contributed by atoms with E-state index in [1.807, 2.05) is 6.07 Å². The fraction of sp³-hybridized carbons (Fsp3) is 0.562. The topological polar surface area (TPSA) is 32.3 Å². The molecule has 0 heterocycles. The lowest BCUT2D eigenvalue weighted by Crippen LogP contribution is -2.45. The molecule has 5 heteroatoms. The van der Waals surface area contributed by atoms with Gasteiger partial charge in [-0.25, -0.2) is 0 Å². The van der Waals surface area contributed by atoms with Crippen molar-refractivity contribution < 1.29 is 4.79 Å². The minimum atomic E-state index is -0.0723. The molecule has 0 spiro atoms. The standard InChI is InChI=1S/C16H22BrClN2O/c1-20(2)10-11-5-3-4-6-15(11)19-16(21)13-9-12(17)7-8-14(13)18/h7-9,11,15H,3-6,10H2,1-2H3,(H,19,21). The quantitative estimate of drug-likeness (QED) is 0.866. The average Bonchev–Trinajstić information content (AvgIpc) is 2.43. The lowest BCUT2D eigenvalue weighted by atomic mass is 9.84. The number of hydrogen-bond acceptors (Lipinski definition) is 2. The van der Waals surface area contributed by atoms with E-state index < -0.39 is 0 Å². The van der Waals surface area contributed by atoms with E-state index in [0.717, 1.165) is 17.4 Å². The van der Waals surface area contributed by atoms with E-state index >= 15 is 0 Å². The Morgan fingerprint density at radius 3 is 2.81 bits per heavy atom. The summed E-state index contributed by atoms with van der Waals surface area (Å²) in [5, 5.41) is 3.68. The van der Waals surface area contributed by atoms with Gasteiger partial charge in [-0.05, 0) is 51.1 Å². The van der Waals surface area contributed by atoms with Crippen LogP contribution in [0.1, 0.15) is 36.0 Å². The summed E-state index contributed by atoms with van der Waals surface area (Å²) in [6.45, 7) is 1.01. The molecule has 0 aromatic heterocycles. The first-order chi connectivity index (χ1) is 9.97. The minimum absolute atomic E-state index is 0.0723. The number of nitrogens with one attached hydrogen (secondary N) is 1. The largest absolute Gasteiger partial charge is 0.349 e. The molecule has 1 N–H and O–H groups in total. The number of nitrogens with zero attached hydrogens (tertiary/aromatic N) is 1. The van der Waals surface area contributed by atoms with Crippen LogP contribution in [-0.2, 0) is 0 Å². The van der Waals surface area contributed by atoms with Crippen molar-refractivity contribution in [2.75, 3.05) is 20.6 Å². The summed E-state index contributed by atoms with van der Waals surface area (Å²) >= 11 is 9.53. The third kappa shape index (κ3) is 4.70. The maximum Gasteiger partial charge on any atom is 0.253 e. The van der Waals surface area contributed by atoms with Gasteiger partial charge in [-0.15, -0.1) is 0 Å². The minimum Gasteiger partial charge on any atom is -0.349 e. The predicted molar refractivity (Wildman–Crippen MR) is 90.9 cm³/mol. The van der Waals surface area contributed by atoms with Gasteiger partial charge in [-0.1, -0.05) is 40.4 Å². The first-order valence-corrected chi connectivity index (χ1v) is 8.55. The number of amides is 1. The van der Waals surface area contributed by atoms with Crippen molar-refractivity contribution >= 4 is 33.4 Å². The van der Waals surface area contributed by atoms with Gasteiger partial charge >= 0.3 is 0 Å². The number of carbonyl (C=O) groups excluding carboxylic acids is 1. The van der Waals surface area contributed by atoms with Gasteiger partial charge in [0, 0.05) is 17.1 Å². The van der Waals surface area contributed by atoms with E-state index in [4.69, 9.17) is 11.6 Å². The number of rotatable bonds is 4. The summed E-state index contributed by atoms with van der Waals surface area (Å²) in [5.41, 5.74) is 0.542. The fourth-order valence-corrected chi connectivity index (χ4v) is 3.57. The van der Waals surface area contributed by atoms with Crippen LogP contribution in [-0.4, -0.2) is 37.5 Å². The van der Waals surface area contributed by atoms with Gasteiger partial charge in [0.15, 0.2) is 0 Å². The van der Waals surface area contributed by atoms with Crippen molar-refractivity contribution in [3.8, 4) is 0 Å². The molecule has 2 atom stereocenters. The highest BCUT2D eigenvalue weighted by atomic mass is 79.9. The molecule has 21 heavy (non-hydrogen) atoms. The second-order valence-electron chi connectivity index (χ2n) is 6.01. The molecule has 2 rings (SSSR count). The Balaban J connectivity index is 2.07.